The van der Waals surface area contributed by atoms with E-state index in [-0.39, 0.29) is 35.7 Å². The van der Waals surface area contributed by atoms with Crippen molar-refractivity contribution in [3.8, 4) is 22.4 Å². The van der Waals surface area contributed by atoms with Crippen molar-refractivity contribution in [2.45, 2.75) is 90.4 Å². The summed E-state index contributed by atoms with van der Waals surface area (Å²) < 4.78 is 9.60. The molecule has 288 valence electrons. The van der Waals surface area contributed by atoms with E-state index in [0.717, 1.165) is 83.6 Å². The number of H-pyrrole nitrogens is 2. The first-order chi connectivity index (χ1) is 26.1. The first kappa shape index (κ1) is 38.3. The maximum absolute atomic E-state index is 13.7. The molecule has 4 N–H and O–H groups in total. The summed E-state index contributed by atoms with van der Waals surface area (Å²) in [4.78, 5) is 71.8. The molecule has 0 saturated carbocycles. The van der Waals surface area contributed by atoms with E-state index < -0.39 is 24.3 Å². The number of fused-ring (bicyclic) bond motifs is 1. The Hall–Kier alpha value is -5.40. The van der Waals surface area contributed by atoms with Gasteiger partial charge in [0.25, 0.3) is 0 Å². The predicted molar refractivity (Wildman–Crippen MR) is 204 cm³/mol. The topological polar surface area (TPSA) is 175 Å². The number of ether oxygens (including phenoxy) is 2. The number of hydrogen-bond donors (Lipinski definition) is 4. The monoisotopic (exact) mass is 740 g/mol. The second-order valence-corrected chi connectivity index (χ2v) is 14.5. The zero-order valence-corrected chi connectivity index (χ0v) is 32.0. The Morgan fingerprint density at radius 1 is 0.759 bits per heavy atom. The van der Waals surface area contributed by atoms with Crippen molar-refractivity contribution in [3.05, 3.63) is 60.3 Å². The number of aromatic amines is 2. The maximum Gasteiger partial charge on any atom is 0.407 e. The van der Waals surface area contributed by atoms with Gasteiger partial charge in [0.05, 0.1) is 49.2 Å². The second kappa shape index (κ2) is 16.7. The molecule has 14 nitrogen and oxygen atoms in total. The number of hydrogen-bond acceptors (Lipinski definition) is 8. The number of carbonyl (C=O) groups excluding carboxylic acids is 4. The molecule has 14 heteroatoms. The minimum atomic E-state index is -0.680. The Balaban J connectivity index is 1.16. The number of nitrogens with one attached hydrogen (secondary N) is 4. The zero-order chi connectivity index (χ0) is 38.5. The molecular weight excluding hydrogens is 688 g/mol. The SMILES string of the molecule is CCC(C)[C@H](NC(=O)OC)C(=O)N1CCC[C@H]1c1ncc(-c2ccc(-c3ccc4nc([C@@H]5CCCN5C(=O)[C@@H](NC(=O)OC)C(C)CC)[nH]c4c3)cc2)[nH]1. The number of amides is 4. The van der Waals surface area contributed by atoms with Gasteiger partial charge in [-0.3, -0.25) is 9.59 Å². The largest absolute Gasteiger partial charge is 0.453 e. The van der Waals surface area contributed by atoms with E-state index in [1.807, 2.05) is 61.8 Å². The van der Waals surface area contributed by atoms with Crippen LogP contribution < -0.4 is 10.6 Å². The molecule has 0 bridgehead atoms. The molecule has 54 heavy (non-hydrogen) atoms. The normalized spacial score (nSPS) is 19.3. The molecular formula is C40H52N8O6. The Morgan fingerprint density at radius 3 is 1.81 bits per heavy atom. The van der Waals surface area contributed by atoms with E-state index in [0.29, 0.717) is 13.1 Å². The van der Waals surface area contributed by atoms with Crippen LogP contribution in [0.4, 0.5) is 9.59 Å². The van der Waals surface area contributed by atoms with Crippen molar-refractivity contribution >= 4 is 35.0 Å². The van der Waals surface area contributed by atoms with E-state index in [9.17, 15) is 19.2 Å². The Kier molecular flexibility index (Phi) is 11.9. The number of likely N-dealkylation sites (tertiary alicyclic amines) is 2. The molecule has 4 amide bonds. The zero-order valence-electron chi connectivity index (χ0n) is 32.0. The number of benzene rings is 2. The summed E-state index contributed by atoms with van der Waals surface area (Å²) in [7, 11) is 2.60. The molecule has 2 aromatic heterocycles. The average Bonchev–Trinajstić information content (AvgIpc) is 4.03. The van der Waals surface area contributed by atoms with Gasteiger partial charge in [0, 0.05) is 13.1 Å². The third-order valence-electron chi connectivity index (χ3n) is 11.2. The predicted octanol–water partition coefficient (Wildman–Crippen LogP) is 6.49. The molecule has 2 aromatic carbocycles. The summed E-state index contributed by atoms with van der Waals surface area (Å²) in [5, 5.41) is 5.49. The van der Waals surface area contributed by atoms with Crippen molar-refractivity contribution in [3.63, 3.8) is 0 Å². The highest BCUT2D eigenvalue weighted by atomic mass is 16.5. The first-order valence-corrected chi connectivity index (χ1v) is 19.0. The lowest BCUT2D eigenvalue weighted by atomic mass is 9.97. The van der Waals surface area contributed by atoms with Gasteiger partial charge in [-0.05, 0) is 66.3 Å². The van der Waals surface area contributed by atoms with Gasteiger partial charge in [-0.2, -0.15) is 0 Å². The lowest BCUT2D eigenvalue weighted by Crippen LogP contribution is -2.51. The van der Waals surface area contributed by atoms with Gasteiger partial charge < -0.3 is 39.9 Å². The first-order valence-electron chi connectivity index (χ1n) is 19.0. The van der Waals surface area contributed by atoms with Gasteiger partial charge >= 0.3 is 12.2 Å². The van der Waals surface area contributed by atoms with Crippen molar-refractivity contribution in [1.82, 2.24) is 40.4 Å². The van der Waals surface area contributed by atoms with Crippen molar-refractivity contribution < 1.29 is 28.7 Å². The van der Waals surface area contributed by atoms with Crippen LogP contribution in [-0.2, 0) is 19.1 Å². The minimum absolute atomic E-state index is 0.0569. The van der Waals surface area contributed by atoms with Gasteiger partial charge in [-0.1, -0.05) is 70.9 Å². The molecule has 4 heterocycles. The van der Waals surface area contributed by atoms with E-state index in [4.69, 9.17) is 19.4 Å². The Labute approximate surface area is 315 Å². The van der Waals surface area contributed by atoms with Crippen LogP contribution in [0.2, 0.25) is 0 Å². The highest BCUT2D eigenvalue weighted by molar-refractivity contribution is 5.88. The van der Waals surface area contributed by atoms with Crippen LogP contribution in [0.1, 0.15) is 90.0 Å². The lowest BCUT2D eigenvalue weighted by Gasteiger charge is -2.30. The van der Waals surface area contributed by atoms with E-state index in [1.54, 1.807) is 6.20 Å². The summed E-state index contributed by atoms with van der Waals surface area (Å²) in [6, 6.07) is 12.5. The summed E-state index contributed by atoms with van der Waals surface area (Å²) in [5.74, 6) is 1.09. The third-order valence-corrected chi connectivity index (χ3v) is 11.2. The molecule has 4 aromatic rings. The molecule has 2 saturated heterocycles. The maximum atomic E-state index is 13.7. The minimum Gasteiger partial charge on any atom is -0.453 e. The average molecular weight is 741 g/mol. The Bertz CT molecular complexity index is 1960. The van der Waals surface area contributed by atoms with Gasteiger partial charge in [-0.25, -0.2) is 19.6 Å². The molecule has 2 fully saturated rings. The fourth-order valence-corrected chi connectivity index (χ4v) is 7.59. The highest BCUT2D eigenvalue weighted by Crippen LogP contribution is 2.35. The van der Waals surface area contributed by atoms with Crippen molar-refractivity contribution in [1.29, 1.82) is 0 Å². The van der Waals surface area contributed by atoms with E-state index in [2.05, 4.69) is 38.8 Å². The van der Waals surface area contributed by atoms with Crippen LogP contribution in [0.5, 0.6) is 0 Å². The number of nitrogens with zero attached hydrogens (tertiary/aromatic N) is 4. The Morgan fingerprint density at radius 2 is 1.28 bits per heavy atom. The number of alkyl carbamates (subject to hydrolysis) is 2. The van der Waals surface area contributed by atoms with Crippen LogP contribution in [0.15, 0.2) is 48.7 Å². The van der Waals surface area contributed by atoms with Crippen LogP contribution in [0.25, 0.3) is 33.4 Å². The molecule has 0 radical (unpaired) electrons. The van der Waals surface area contributed by atoms with Crippen molar-refractivity contribution in [2.75, 3.05) is 27.3 Å². The van der Waals surface area contributed by atoms with E-state index in [1.165, 1.54) is 14.2 Å². The molecule has 0 spiro atoms. The quantitative estimate of drug-likeness (QED) is 0.128. The molecule has 6 rings (SSSR count). The van der Waals surface area contributed by atoms with Gasteiger partial charge in [-0.15, -0.1) is 0 Å². The summed E-state index contributed by atoms with van der Waals surface area (Å²) >= 11 is 0. The highest BCUT2D eigenvalue weighted by Gasteiger charge is 2.39. The van der Waals surface area contributed by atoms with Crippen LogP contribution >= 0.6 is 0 Å². The standard InChI is InChI=1S/C40H52N8O6/c1-7-23(3)33(45-39(51)53-5)37(49)47-19-9-11-31(47)35-41-22-30(44-35)26-15-13-25(14-16-26)27-17-18-28-29(21-27)43-36(42-28)32-12-10-20-48(32)38(50)34(24(4)8-2)46-40(52)54-6/h13-18,21-24,31-34H,7-12,19-20H2,1-6H3,(H,41,44)(H,42,43)(H,45,51)(H,46,52)/t23?,24?,31-,32-,33-,34-/m0/s1. The second-order valence-electron chi connectivity index (χ2n) is 14.5. The van der Waals surface area contributed by atoms with Gasteiger partial charge in [0.2, 0.25) is 11.8 Å². The van der Waals surface area contributed by atoms with Crippen molar-refractivity contribution in [2.24, 2.45) is 11.8 Å². The molecule has 2 aliphatic heterocycles. The number of carbonyl (C=O) groups is 4. The molecule has 2 unspecified atom stereocenters. The van der Waals surface area contributed by atoms with E-state index >= 15 is 0 Å². The summed E-state index contributed by atoms with van der Waals surface area (Å²) in [6.07, 6.45) is 5.28. The molecule has 2 aliphatic rings. The number of methoxy groups -OCH3 is 2. The molecule has 0 aliphatic carbocycles. The number of imidazole rings is 2. The number of aromatic nitrogens is 4. The van der Waals surface area contributed by atoms with Crippen LogP contribution in [0, 0.1) is 11.8 Å². The van der Waals surface area contributed by atoms with Gasteiger partial charge in [0.15, 0.2) is 0 Å². The molecule has 6 atom stereocenters. The van der Waals surface area contributed by atoms with Crippen LogP contribution in [0.3, 0.4) is 0 Å². The fourth-order valence-electron chi connectivity index (χ4n) is 7.59. The summed E-state index contributed by atoms with van der Waals surface area (Å²) in [6.45, 7) is 9.09. The fraction of sp³-hybridized carbons (Fsp3) is 0.500. The third kappa shape index (κ3) is 7.92. The number of rotatable bonds is 12. The smallest absolute Gasteiger partial charge is 0.407 e. The lowest BCUT2D eigenvalue weighted by molar-refractivity contribution is -0.136. The van der Waals surface area contributed by atoms with Crippen LogP contribution in [-0.4, -0.2) is 93.1 Å². The van der Waals surface area contributed by atoms with Gasteiger partial charge in [0.1, 0.15) is 23.7 Å². The summed E-state index contributed by atoms with van der Waals surface area (Å²) in [5.41, 5.74) is 5.56.